The molecule has 2 N–H and O–H groups in total. The van der Waals surface area contributed by atoms with Crippen LogP contribution in [0.1, 0.15) is 24.8 Å². The fraction of sp³-hybridized carbons (Fsp3) is 0.484. The minimum Gasteiger partial charge on any atom is -0.508 e. The van der Waals surface area contributed by atoms with Crippen LogP contribution in [0.25, 0.3) is 16.5 Å². The van der Waals surface area contributed by atoms with E-state index in [-0.39, 0.29) is 39.7 Å². The van der Waals surface area contributed by atoms with E-state index in [1.807, 2.05) is 24.3 Å². The highest BCUT2D eigenvalue weighted by Gasteiger charge is 2.35. The van der Waals surface area contributed by atoms with Gasteiger partial charge in [-0.1, -0.05) is 35.9 Å². The van der Waals surface area contributed by atoms with Crippen LogP contribution in [-0.4, -0.2) is 84.6 Å². The third-order valence-corrected chi connectivity index (χ3v) is 9.10. The largest absolute Gasteiger partial charge is 0.508 e. The first-order valence-corrected chi connectivity index (χ1v) is 15.0. The number of piperazine rings is 1. The maximum atomic E-state index is 16.7. The molecule has 2 aromatic rings. The molecule has 3 saturated heterocycles. The van der Waals surface area contributed by atoms with Crippen LogP contribution in [0.2, 0.25) is 5.02 Å². The molecule has 3 fully saturated rings. The Morgan fingerprint density at radius 2 is 1.90 bits per heavy atom. The van der Waals surface area contributed by atoms with Crippen molar-refractivity contribution in [2.24, 2.45) is 11.8 Å². The van der Waals surface area contributed by atoms with E-state index in [1.165, 1.54) is 0 Å². The second kappa shape index (κ2) is 11.4. The first-order valence-electron chi connectivity index (χ1n) is 14.6. The van der Waals surface area contributed by atoms with Gasteiger partial charge in [0.25, 0.3) is 0 Å². The lowest BCUT2D eigenvalue weighted by atomic mass is 9.76. The summed E-state index contributed by atoms with van der Waals surface area (Å²) in [6.45, 7) is 6.25. The number of ether oxygens (including phenoxy) is 2. The van der Waals surface area contributed by atoms with E-state index in [0.29, 0.717) is 35.5 Å². The maximum Gasteiger partial charge on any atom is 0.319 e. The Labute approximate surface area is 244 Å². The van der Waals surface area contributed by atoms with Crippen LogP contribution in [0, 0.1) is 17.7 Å². The predicted molar refractivity (Wildman–Crippen MR) is 158 cm³/mol. The van der Waals surface area contributed by atoms with Crippen molar-refractivity contribution < 1.29 is 19.0 Å². The molecule has 8 nitrogen and oxygen atoms in total. The zero-order valence-electron chi connectivity index (χ0n) is 22.9. The number of morpholine rings is 1. The van der Waals surface area contributed by atoms with Crippen molar-refractivity contribution in [2.75, 3.05) is 57.4 Å². The van der Waals surface area contributed by atoms with E-state index in [0.717, 1.165) is 65.2 Å². The van der Waals surface area contributed by atoms with Crippen molar-refractivity contribution in [1.29, 1.82) is 0 Å². The number of aliphatic hydroxyl groups is 1. The zero-order chi connectivity index (χ0) is 27.9. The summed E-state index contributed by atoms with van der Waals surface area (Å²) in [7, 11) is 0. The summed E-state index contributed by atoms with van der Waals surface area (Å²) in [5.41, 5.74) is 1.08. The third kappa shape index (κ3) is 5.36. The van der Waals surface area contributed by atoms with E-state index in [9.17, 15) is 5.11 Å². The number of benzene rings is 1. The lowest BCUT2D eigenvalue weighted by Gasteiger charge is -2.34. The molecule has 0 spiro atoms. The standard InChI is InChI=1S/C31H35ClFN5O3/c32-26-16-25-29(28(33)27(26)24-15-22(39)14-19-4-1-2-5-23(19)24)35-31(41-11-3-8-37-9-12-40-13-10-37)36-30(25)38-17-20-6-7-21(18-38)34-20/h1-2,4-5,14-16,19-21,23,34,39H,3,6-13,17-18H2. The van der Waals surface area contributed by atoms with E-state index in [1.54, 1.807) is 18.2 Å². The first-order chi connectivity index (χ1) is 20.0. The molecule has 41 heavy (non-hydrogen) atoms. The molecule has 4 atom stereocenters. The Bertz CT molecular complexity index is 1440. The number of hydrogen-bond acceptors (Lipinski definition) is 8. The molecule has 0 amide bonds. The van der Waals surface area contributed by atoms with Gasteiger partial charge in [-0.05, 0) is 43.1 Å². The topological polar surface area (TPSA) is 83.0 Å². The number of rotatable bonds is 7. The van der Waals surface area contributed by atoms with Gasteiger partial charge in [0, 0.05) is 67.6 Å². The van der Waals surface area contributed by atoms with Gasteiger partial charge in [-0.15, -0.1) is 0 Å². The van der Waals surface area contributed by atoms with Gasteiger partial charge in [0.15, 0.2) is 5.82 Å². The SMILES string of the molecule is OC1=CC2C=CC=CC2C(c2c(Cl)cc3c(N4CC5CCC(C4)N5)nc(OCCCN4CCOCC4)nc3c2F)=C1. The lowest BCUT2D eigenvalue weighted by Crippen LogP contribution is -2.51. The molecule has 7 rings (SSSR count). The van der Waals surface area contributed by atoms with Crippen LogP contribution in [0.4, 0.5) is 10.2 Å². The van der Waals surface area contributed by atoms with Crippen LogP contribution >= 0.6 is 11.6 Å². The van der Waals surface area contributed by atoms with Crippen molar-refractivity contribution in [3.63, 3.8) is 0 Å². The number of fused-ring (bicyclic) bond motifs is 4. The van der Waals surface area contributed by atoms with Crippen molar-refractivity contribution in [3.8, 4) is 6.01 Å². The normalized spacial score (nSPS) is 27.6. The quantitative estimate of drug-likeness (QED) is 0.458. The zero-order valence-corrected chi connectivity index (χ0v) is 23.7. The van der Waals surface area contributed by atoms with Gasteiger partial charge in [-0.25, -0.2) is 4.39 Å². The van der Waals surface area contributed by atoms with Crippen molar-refractivity contribution in [1.82, 2.24) is 20.2 Å². The van der Waals surface area contributed by atoms with Gasteiger partial charge in [0.1, 0.15) is 17.1 Å². The molecular weight excluding hydrogens is 545 g/mol. The molecule has 10 heteroatoms. The molecule has 4 heterocycles. The number of allylic oxidation sites excluding steroid dienone is 7. The minimum absolute atomic E-state index is 0.0752. The van der Waals surface area contributed by atoms with Gasteiger partial charge in [0.05, 0.1) is 24.8 Å². The fourth-order valence-electron chi connectivity index (χ4n) is 6.81. The molecule has 4 unspecified atom stereocenters. The average molecular weight is 580 g/mol. The Morgan fingerprint density at radius 3 is 2.71 bits per heavy atom. The molecule has 3 aliphatic heterocycles. The number of anilines is 1. The van der Waals surface area contributed by atoms with Gasteiger partial charge in [0.2, 0.25) is 0 Å². The van der Waals surface area contributed by atoms with E-state index < -0.39 is 5.82 Å². The summed E-state index contributed by atoms with van der Waals surface area (Å²) in [5, 5.41) is 15.0. The van der Waals surface area contributed by atoms with Crippen molar-refractivity contribution in [3.05, 3.63) is 64.7 Å². The molecule has 0 radical (unpaired) electrons. The van der Waals surface area contributed by atoms with Gasteiger partial charge < -0.3 is 24.8 Å². The smallest absolute Gasteiger partial charge is 0.319 e. The molecule has 216 valence electrons. The molecule has 1 aromatic carbocycles. The molecule has 0 saturated carbocycles. The van der Waals surface area contributed by atoms with Gasteiger partial charge in [-0.3, -0.25) is 4.90 Å². The van der Waals surface area contributed by atoms with Crippen molar-refractivity contribution in [2.45, 2.75) is 31.3 Å². The molecular formula is C31H35ClFN5O3. The summed E-state index contributed by atoms with van der Waals surface area (Å²) < 4.78 is 28.2. The van der Waals surface area contributed by atoms with Gasteiger partial charge >= 0.3 is 6.01 Å². The summed E-state index contributed by atoms with van der Waals surface area (Å²) in [5.74, 6) is 0.0219. The minimum atomic E-state index is -0.518. The highest BCUT2D eigenvalue weighted by molar-refractivity contribution is 6.33. The number of nitrogens with zero attached hydrogens (tertiary/aromatic N) is 4. The number of hydrogen-bond donors (Lipinski definition) is 2. The molecule has 1 aromatic heterocycles. The average Bonchev–Trinajstić information content (AvgIpc) is 3.32. The molecule has 2 bridgehead atoms. The Kier molecular flexibility index (Phi) is 7.45. The molecule has 2 aliphatic carbocycles. The highest BCUT2D eigenvalue weighted by atomic mass is 35.5. The third-order valence-electron chi connectivity index (χ3n) is 8.80. The van der Waals surface area contributed by atoms with Gasteiger partial charge in [-0.2, -0.15) is 9.97 Å². The second-order valence-corrected chi connectivity index (χ2v) is 11.9. The van der Waals surface area contributed by atoms with Crippen LogP contribution in [0.5, 0.6) is 6.01 Å². The lowest BCUT2D eigenvalue weighted by molar-refractivity contribution is 0.0356. The first kappa shape index (κ1) is 26.9. The second-order valence-electron chi connectivity index (χ2n) is 11.5. The number of halogens is 2. The Balaban J connectivity index is 1.25. The number of aromatic nitrogens is 2. The summed E-state index contributed by atoms with van der Waals surface area (Å²) >= 11 is 6.86. The Hall–Kier alpha value is -2.98. The summed E-state index contributed by atoms with van der Waals surface area (Å²) in [6.07, 6.45) is 14.3. The van der Waals surface area contributed by atoms with Crippen LogP contribution in [0.15, 0.2) is 48.3 Å². The van der Waals surface area contributed by atoms with Crippen LogP contribution in [-0.2, 0) is 4.74 Å². The number of nitrogens with one attached hydrogen (secondary N) is 1. The predicted octanol–water partition coefficient (Wildman–Crippen LogP) is 4.66. The summed E-state index contributed by atoms with van der Waals surface area (Å²) in [4.78, 5) is 14.0. The monoisotopic (exact) mass is 579 g/mol. The molecule has 5 aliphatic rings. The van der Waals surface area contributed by atoms with E-state index in [2.05, 4.69) is 20.1 Å². The van der Waals surface area contributed by atoms with Crippen LogP contribution < -0.4 is 15.0 Å². The Morgan fingerprint density at radius 1 is 1.12 bits per heavy atom. The maximum absolute atomic E-state index is 16.7. The fourth-order valence-corrected chi connectivity index (χ4v) is 7.11. The summed E-state index contributed by atoms with van der Waals surface area (Å²) in [6, 6.07) is 2.71. The van der Waals surface area contributed by atoms with Crippen molar-refractivity contribution >= 4 is 33.9 Å². The highest BCUT2D eigenvalue weighted by Crippen LogP contribution is 2.44. The van der Waals surface area contributed by atoms with E-state index in [4.69, 9.17) is 26.1 Å². The van der Waals surface area contributed by atoms with Crippen LogP contribution in [0.3, 0.4) is 0 Å². The number of aliphatic hydroxyl groups excluding tert-OH is 1. The van der Waals surface area contributed by atoms with E-state index >= 15 is 4.39 Å².